The first-order chi connectivity index (χ1) is 22.4. The number of pyridine rings is 1. The summed E-state index contributed by atoms with van der Waals surface area (Å²) in [5, 5.41) is 35.4. The van der Waals surface area contributed by atoms with Gasteiger partial charge in [0.25, 0.3) is 5.56 Å². The van der Waals surface area contributed by atoms with Crippen LogP contribution in [0.4, 0.5) is 4.39 Å². The van der Waals surface area contributed by atoms with Crippen molar-refractivity contribution in [2.75, 3.05) is 7.11 Å². The molecule has 1 atom stereocenters. The van der Waals surface area contributed by atoms with Gasteiger partial charge in [0.15, 0.2) is 11.2 Å². The van der Waals surface area contributed by atoms with Gasteiger partial charge >= 0.3 is 0 Å². The van der Waals surface area contributed by atoms with E-state index in [4.69, 9.17) is 21.2 Å². The largest absolute Gasteiger partial charge is 0.510 e. The number of phenols is 1. The quantitative estimate of drug-likeness (QED) is 0.155. The van der Waals surface area contributed by atoms with Crippen LogP contribution in [-0.2, 0) is 23.3 Å². The first-order valence-electron chi connectivity index (χ1n) is 14.0. The van der Waals surface area contributed by atoms with Gasteiger partial charge in [-0.3, -0.25) is 24.0 Å². The molecule has 7 rings (SSSR count). The number of hydrogen-bond donors (Lipinski definition) is 4. The van der Waals surface area contributed by atoms with Crippen LogP contribution in [0, 0.1) is 16.3 Å². The molecule has 236 valence electrons. The molecule has 0 fully saturated rings. The summed E-state index contributed by atoms with van der Waals surface area (Å²) in [4.78, 5) is 74.1. The van der Waals surface area contributed by atoms with Crippen molar-refractivity contribution in [1.29, 1.82) is 0 Å². The average molecular weight is 659 g/mol. The zero-order valence-corrected chi connectivity index (χ0v) is 24.8. The van der Waals surface area contributed by atoms with Gasteiger partial charge in [-0.1, -0.05) is 28.9 Å². The fraction of sp³-hybridized carbons (Fsp3) is 0.152. The molecule has 2 aromatic carbocycles. The van der Waals surface area contributed by atoms with Crippen molar-refractivity contribution in [3.63, 3.8) is 0 Å². The number of phenolic OH excluding ortho intramolecular Hbond substituents is 1. The highest BCUT2D eigenvalue weighted by Crippen LogP contribution is 2.56. The average Bonchev–Trinajstić information content (AvgIpc) is 3.55. The molecule has 12 nitrogen and oxygen atoms in total. The minimum atomic E-state index is -2.09. The van der Waals surface area contributed by atoms with E-state index in [1.165, 1.54) is 36.5 Å². The third-order valence-corrected chi connectivity index (χ3v) is 9.22. The van der Waals surface area contributed by atoms with E-state index in [0.717, 1.165) is 13.2 Å². The second kappa shape index (κ2) is 10.4. The van der Waals surface area contributed by atoms with Crippen LogP contribution < -0.4 is 42.4 Å². The second-order valence-corrected chi connectivity index (χ2v) is 11.5. The molecule has 0 unspecified atom stereocenters. The number of nitrogens with zero attached hydrogens (tertiary/aromatic N) is 1. The van der Waals surface area contributed by atoms with Crippen LogP contribution in [0.2, 0.25) is 5.02 Å². The molecule has 1 spiro atoms. The van der Waals surface area contributed by atoms with E-state index in [0.29, 0.717) is 5.56 Å². The van der Waals surface area contributed by atoms with Crippen molar-refractivity contribution in [1.82, 2.24) is 4.98 Å². The van der Waals surface area contributed by atoms with Crippen LogP contribution in [0.1, 0.15) is 28.8 Å². The third-order valence-electron chi connectivity index (χ3n) is 8.79. The van der Waals surface area contributed by atoms with E-state index >= 15 is 0 Å². The van der Waals surface area contributed by atoms with E-state index in [-0.39, 0.29) is 52.1 Å². The summed E-state index contributed by atoms with van der Waals surface area (Å²) in [6.45, 7) is 0.0135. The molecule has 0 saturated carbocycles. The molecule has 0 bridgehead atoms. The molecule has 47 heavy (non-hydrogen) atoms. The van der Waals surface area contributed by atoms with Gasteiger partial charge in [-0.2, -0.15) is 0 Å². The van der Waals surface area contributed by atoms with Gasteiger partial charge in [-0.25, -0.2) is 4.39 Å². The molecule has 4 aliphatic carbocycles. The summed E-state index contributed by atoms with van der Waals surface area (Å²) in [5.74, 6) is -3.24. The molecule has 14 heteroatoms. The van der Waals surface area contributed by atoms with Crippen molar-refractivity contribution < 1.29 is 29.3 Å². The summed E-state index contributed by atoms with van der Waals surface area (Å²) in [6, 6.07) is 7.75. The fourth-order valence-corrected chi connectivity index (χ4v) is 7.01. The maximum absolute atomic E-state index is 13.7. The van der Waals surface area contributed by atoms with Crippen LogP contribution >= 0.6 is 11.6 Å². The van der Waals surface area contributed by atoms with E-state index < -0.39 is 82.4 Å². The Morgan fingerprint density at radius 2 is 1.62 bits per heavy atom. The van der Waals surface area contributed by atoms with E-state index in [1.807, 2.05) is 0 Å². The van der Waals surface area contributed by atoms with Crippen molar-refractivity contribution in [3.05, 3.63) is 142 Å². The smallest absolute Gasteiger partial charge is 0.260 e. The fourth-order valence-electron chi connectivity index (χ4n) is 6.67. The Hall–Kier alpha value is -5.82. The Morgan fingerprint density at radius 3 is 2.28 bits per heavy atom. The molecule has 0 radical (unpaired) electrons. The highest BCUT2D eigenvalue weighted by atomic mass is 35.5. The first-order valence-corrected chi connectivity index (χ1v) is 14.4. The van der Waals surface area contributed by atoms with Crippen molar-refractivity contribution >= 4 is 40.1 Å². The molecule has 1 heterocycles. The first kappa shape index (κ1) is 29.9. The maximum Gasteiger partial charge on any atom is 0.260 e. The lowest BCUT2D eigenvalue weighted by atomic mass is 9.78. The monoisotopic (exact) mass is 658 g/mol. The lowest BCUT2D eigenvalue weighted by molar-refractivity contribution is 0.132. The standard InChI is InChI=1S/C33H20ClFN2O10/c1-46-18-9-17(38)20-21(26(18)39)28(41)23-22(27(20)40)30(43)33(31(23)44)7-6-15-24(33)29(42)19-16(25(15)34)8-14(37-32(19)45)10-36-47-11-12-2-4-13(35)5-3-12/h2-5,8-10,42-44H,6-7,11H2,1H3,(H,37,45)/t33-/m0/s1. The van der Waals surface area contributed by atoms with Crippen molar-refractivity contribution in [3.8, 4) is 11.5 Å². The number of halogens is 2. The summed E-state index contributed by atoms with van der Waals surface area (Å²) < 4.78 is 18.0. The number of nitrogens with one attached hydrogen (secondary N) is 1. The number of hydrogen-bond acceptors (Lipinski definition) is 11. The van der Waals surface area contributed by atoms with Crippen LogP contribution in [0.5, 0.6) is 11.5 Å². The molecule has 0 aliphatic heterocycles. The van der Waals surface area contributed by atoms with Crippen LogP contribution in [-0.4, -0.2) is 33.6 Å². The van der Waals surface area contributed by atoms with Gasteiger partial charge in [0, 0.05) is 17.0 Å². The molecular formula is C33H20ClFN2O10. The zero-order valence-electron chi connectivity index (χ0n) is 24.1. The highest BCUT2D eigenvalue weighted by Gasteiger charge is 2.53. The van der Waals surface area contributed by atoms with E-state index in [2.05, 4.69) is 10.1 Å². The van der Waals surface area contributed by atoms with Gasteiger partial charge in [0.2, 0.25) is 16.3 Å². The zero-order chi connectivity index (χ0) is 33.5. The normalized spacial score (nSPS) is 16.9. The summed E-state index contributed by atoms with van der Waals surface area (Å²) >= 11 is 6.78. The number of methoxy groups -OCH3 is 1. The van der Waals surface area contributed by atoms with Gasteiger partial charge in [-0.05, 0) is 42.2 Å². The Bertz CT molecular complexity index is 2740. The second-order valence-electron chi connectivity index (χ2n) is 11.2. The van der Waals surface area contributed by atoms with Gasteiger partial charge < -0.3 is 29.9 Å². The molecule has 0 saturated heterocycles. The number of aromatic nitrogens is 1. The number of aliphatic hydroxyl groups is 2. The molecule has 4 N–H and O–H groups in total. The van der Waals surface area contributed by atoms with Crippen molar-refractivity contribution in [2.24, 2.45) is 5.16 Å². The Balaban J connectivity index is 1.42. The van der Waals surface area contributed by atoms with E-state index in [1.54, 1.807) is 0 Å². The number of aromatic amines is 1. The number of H-pyrrole nitrogens is 1. The van der Waals surface area contributed by atoms with Gasteiger partial charge in [0.1, 0.15) is 35.1 Å². The Labute approximate surface area is 264 Å². The molecule has 4 aliphatic rings. The van der Waals surface area contributed by atoms with Crippen LogP contribution in [0.3, 0.4) is 0 Å². The molecule has 1 aromatic heterocycles. The third kappa shape index (κ3) is 3.99. The van der Waals surface area contributed by atoms with Crippen molar-refractivity contribution in [2.45, 2.75) is 24.9 Å². The van der Waals surface area contributed by atoms with Crippen LogP contribution in [0.15, 0.2) is 65.5 Å². The Morgan fingerprint density at radius 1 is 0.957 bits per heavy atom. The molecule has 0 amide bonds. The number of ether oxygens (including phenoxy) is 1. The minimum Gasteiger partial charge on any atom is -0.510 e. The van der Waals surface area contributed by atoms with Crippen LogP contribution in [0.25, 0.3) is 22.3 Å². The minimum absolute atomic E-state index is 0.00606. The number of fused-ring (bicyclic) bond motifs is 4. The van der Waals surface area contributed by atoms with Gasteiger partial charge in [0.05, 0.1) is 50.3 Å². The van der Waals surface area contributed by atoms with E-state index in [9.17, 15) is 43.7 Å². The predicted octanol–water partition coefficient (Wildman–Crippen LogP) is 0.857. The summed E-state index contributed by atoms with van der Waals surface area (Å²) in [7, 11) is 1.10. The molecular weight excluding hydrogens is 639 g/mol. The lowest BCUT2D eigenvalue weighted by Crippen LogP contribution is -2.51. The molecule has 3 aromatic rings. The number of oxime groups is 1. The SMILES string of the molecule is COc1cc(=O)c2c(=O)c3c(c(=O)c=2c1=O)=C(O)[C@]1(CCc2c1c(O)c1c(=O)[nH]c(C=NOCc4ccc(F)cc4)cc1c2Cl)C=3O. The summed E-state index contributed by atoms with van der Waals surface area (Å²) in [6.07, 6.45) is 1.000. The number of rotatable bonds is 5. The number of aliphatic hydroxyl groups excluding tert-OH is 2. The maximum atomic E-state index is 13.7. The predicted molar refractivity (Wildman–Crippen MR) is 167 cm³/mol. The summed E-state index contributed by atoms with van der Waals surface area (Å²) in [5.41, 5.74) is -6.52. The topological polar surface area (TPSA) is 193 Å². The number of aromatic hydroxyl groups is 1. The highest BCUT2D eigenvalue weighted by molar-refractivity contribution is 6.37. The number of benzene rings is 2. The Kier molecular flexibility index (Phi) is 6.58. The lowest BCUT2D eigenvalue weighted by Gasteiger charge is -2.27. The van der Waals surface area contributed by atoms with Gasteiger partial charge in [-0.15, -0.1) is 0 Å².